The highest BCUT2D eigenvalue weighted by Crippen LogP contribution is 2.29. The van der Waals surface area contributed by atoms with Gasteiger partial charge in [-0.25, -0.2) is 4.79 Å². The van der Waals surface area contributed by atoms with Crippen molar-refractivity contribution in [2.45, 2.75) is 52.2 Å². The first-order chi connectivity index (χ1) is 12.2. The van der Waals surface area contributed by atoms with E-state index in [0.29, 0.717) is 11.8 Å². The molecule has 1 amide bonds. The zero-order valence-electron chi connectivity index (χ0n) is 15.0. The fourth-order valence-corrected chi connectivity index (χ4v) is 3.40. The van der Waals surface area contributed by atoms with Crippen LogP contribution in [0.4, 0.5) is 5.69 Å². The number of hydrogen-bond donors (Lipinski definition) is 1. The standard InChI is InChI=1S/C18H23ClN2O5/c1-10-5-4-6-16(11(10)2)20-17(22)12(3)26-18(23)14-8-7-13(21(24)25)9-15(14)19/h7-12,16H,4-6H2,1-3H3,(H,20,22)/t10-,11+,12+,16+/m0/s1. The molecule has 0 unspecified atom stereocenters. The highest BCUT2D eigenvalue weighted by molar-refractivity contribution is 6.33. The molecule has 1 aromatic carbocycles. The summed E-state index contributed by atoms with van der Waals surface area (Å²) in [5.41, 5.74) is -0.241. The first-order valence-electron chi connectivity index (χ1n) is 8.66. The second kappa shape index (κ2) is 8.49. The molecule has 0 aliphatic heterocycles. The van der Waals surface area contributed by atoms with Crippen LogP contribution >= 0.6 is 11.6 Å². The number of non-ortho nitro benzene ring substituents is 1. The number of halogens is 1. The van der Waals surface area contributed by atoms with Crippen LogP contribution in [-0.4, -0.2) is 28.9 Å². The molecule has 2 rings (SSSR count). The summed E-state index contributed by atoms with van der Waals surface area (Å²) in [6.07, 6.45) is 2.13. The van der Waals surface area contributed by atoms with Gasteiger partial charge in [0.15, 0.2) is 6.10 Å². The van der Waals surface area contributed by atoms with Gasteiger partial charge in [0.1, 0.15) is 0 Å². The van der Waals surface area contributed by atoms with E-state index in [9.17, 15) is 19.7 Å². The number of ether oxygens (including phenoxy) is 1. The van der Waals surface area contributed by atoms with E-state index in [1.807, 2.05) is 0 Å². The minimum Gasteiger partial charge on any atom is -0.449 e. The normalized spacial score (nSPS) is 23.8. The molecule has 1 fully saturated rings. The third kappa shape index (κ3) is 4.72. The number of amides is 1. The summed E-state index contributed by atoms with van der Waals surface area (Å²) in [5, 5.41) is 13.6. The van der Waals surface area contributed by atoms with Gasteiger partial charge in [-0.3, -0.25) is 14.9 Å². The number of rotatable bonds is 5. The van der Waals surface area contributed by atoms with E-state index in [1.165, 1.54) is 13.0 Å². The number of nitrogens with zero attached hydrogens (tertiary/aromatic N) is 1. The largest absolute Gasteiger partial charge is 0.449 e. The van der Waals surface area contributed by atoms with Gasteiger partial charge in [0.2, 0.25) is 0 Å². The first kappa shape index (κ1) is 20.2. The van der Waals surface area contributed by atoms with Crippen molar-refractivity contribution in [3.05, 3.63) is 38.9 Å². The highest BCUT2D eigenvalue weighted by atomic mass is 35.5. The van der Waals surface area contributed by atoms with Gasteiger partial charge in [0.05, 0.1) is 15.5 Å². The summed E-state index contributed by atoms with van der Waals surface area (Å²) >= 11 is 5.92. The van der Waals surface area contributed by atoms with Crippen molar-refractivity contribution in [3.63, 3.8) is 0 Å². The Morgan fingerprint density at radius 1 is 1.35 bits per heavy atom. The Kier molecular flexibility index (Phi) is 6.58. The van der Waals surface area contributed by atoms with Gasteiger partial charge in [-0.15, -0.1) is 0 Å². The fraction of sp³-hybridized carbons (Fsp3) is 0.556. The third-order valence-electron chi connectivity index (χ3n) is 5.07. The van der Waals surface area contributed by atoms with Gasteiger partial charge in [0, 0.05) is 18.2 Å². The van der Waals surface area contributed by atoms with Gasteiger partial charge >= 0.3 is 5.97 Å². The molecule has 0 bridgehead atoms. The average molecular weight is 383 g/mol. The Bertz CT molecular complexity index is 709. The number of carbonyl (C=O) groups excluding carboxylic acids is 2. The van der Waals surface area contributed by atoms with Crippen molar-refractivity contribution in [1.82, 2.24) is 5.32 Å². The van der Waals surface area contributed by atoms with E-state index in [-0.39, 0.29) is 28.2 Å². The van der Waals surface area contributed by atoms with Gasteiger partial charge in [0.25, 0.3) is 11.6 Å². The molecular formula is C18H23ClN2O5. The summed E-state index contributed by atoms with van der Waals surface area (Å²) in [4.78, 5) is 34.7. The minimum atomic E-state index is -0.988. The van der Waals surface area contributed by atoms with Crippen LogP contribution in [-0.2, 0) is 9.53 Å². The van der Waals surface area contributed by atoms with Crippen LogP contribution in [0.1, 0.15) is 50.4 Å². The third-order valence-corrected chi connectivity index (χ3v) is 5.38. The van der Waals surface area contributed by atoms with Crippen LogP contribution in [0.3, 0.4) is 0 Å². The molecule has 0 radical (unpaired) electrons. The SMILES string of the molecule is C[C@@H]1[C@@H](C)CCC[C@H]1NC(=O)[C@@H](C)OC(=O)c1ccc([N+](=O)[O-])cc1Cl. The van der Waals surface area contributed by atoms with Crippen LogP contribution in [0.15, 0.2) is 18.2 Å². The zero-order valence-corrected chi connectivity index (χ0v) is 15.8. The molecule has 7 nitrogen and oxygen atoms in total. The van der Waals surface area contributed by atoms with Crippen molar-refractivity contribution in [3.8, 4) is 0 Å². The Balaban J connectivity index is 1.98. The molecule has 0 heterocycles. The molecule has 4 atom stereocenters. The Morgan fingerprint density at radius 3 is 2.65 bits per heavy atom. The minimum absolute atomic E-state index is 0.0171. The Hall–Kier alpha value is -2.15. The number of benzene rings is 1. The maximum atomic E-state index is 12.3. The molecule has 8 heteroatoms. The summed E-state index contributed by atoms with van der Waals surface area (Å²) in [7, 11) is 0. The van der Waals surface area contributed by atoms with E-state index >= 15 is 0 Å². The summed E-state index contributed by atoms with van der Waals surface area (Å²) in [6.45, 7) is 5.77. The van der Waals surface area contributed by atoms with E-state index < -0.39 is 17.0 Å². The molecule has 0 aromatic heterocycles. The molecule has 1 N–H and O–H groups in total. The number of hydrogen-bond acceptors (Lipinski definition) is 5. The lowest BCUT2D eigenvalue weighted by Crippen LogP contribution is -2.47. The first-order valence-corrected chi connectivity index (χ1v) is 9.03. The van der Waals surface area contributed by atoms with Crippen molar-refractivity contribution >= 4 is 29.2 Å². The van der Waals surface area contributed by atoms with Gasteiger partial charge < -0.3 is 10.1 Å². The van der Waals surface area contributed by atoms with Crippen LogP contribution in [0, 0.1) is 22.0 Å². The van der Waals surface area contributed by atoms with Crippen LogP contribution in [0.2, 0.25) is 5.02 Å². The Morgan fingerprint density at radius 2 is 2.04 bits per heavy atom. The van der Waals surface area contributed by atoms with Gasteiger partial charge in [-0.2, -0.15) is 0 Å². The average Bonchev–Trinajstić information content (AvgIpc) is 2.58. The van der Waals surface area contributed by atoms with E-state index in [0.717, 1.165) is 31.4 Å². The number of esters is 1. The number of carbonyl (C=O) groups is 2. The number of nitro groups is 1. The predicted octanol–water partition coefficient (Wildman–Crippen LogP) is 3.73. The maximum Gasteiger partial charge on any atom is 0.340 e. The van der Waals surface area contributed by atoms with Crippen molar-refractivity contribution < 1.29 is 19.2 Å². The van der Waals surface area contributed by atoms with Gasteiger partial charge in [-0.05, 0) is 31.2 Å². The number of nitrogens with one attached hydrogen (secondary N) is 1. The smallest absolute Gasteiger partial charge is 0.340 e. The summed E-state index contributed by atoms with van der Waals surface area (Å²) in [5.74, 6) is -0.259. The molecule has 1 aliphatic rings. The molecular weight excluding hydrogens is 360 g/mol. The van der Waals surface area contributed by atoms with Crippen molar-refractivity contribution in [1.29, 1.82) is 0 Å². The van der Waals surface area contributed by atoms with E-state index in [1.54, 1.807) is 0 Å². The molecule has 1 aliphatic carbocycles. The maximum absolute atomic E-state index is 12.3. The predicted molar refractivity (Wildman–Crippen MR) is 97.1 cm³/mol. The lowest BCUT2D eigenvalue weighted by Gasteiger charge is -2.35. The molecule has 1 aromatic rings. The molecule has 0 spiro atoms. The fourth-order valence-electron chi connectivity index (χ4n) is 3.15. The molecule has 0 saturated heterocycles. The molecule has 26 heavy (non-hydrogen) atoms. The van der Waals surface area contributed by atoms with Gasteiger partial charge in [-0.1, -0.05) is 38.3 Å². The van der Waals surface area contributed by atoms with Crippen molar-refractivity contribution in [2.75, 3.05) is 0 Å². The summed E-state index contributed by atoms with van der Waals surface area (Å²) in [6, 6.07) is 3.53. The lowest BCUT2D eigenvalue weighted by molar-refractivity contribution is -0.384. The van der Waals surface area contributed by atoms with E-state index in [2.05, 4.69) is 19.2 Å². The Labute approximate surface area is 157 Å². The molecule has 1 saturated carbocycles. The highest BCUT2D eigenvalue weighted by Gasteiger charge is 2.30. The van der Waals surface area contributed by atoms with Crippen LogP contribution < -0.4 is 5.32 Å². The monoisotopic (exact) mass is 382 g/mol. The van der Waals surface area contributed by atoms with Crippen molar-refractivity contribution in [2.24, 2.45) is 11.8 Å². The van der Waals surface area contributed by atoms with Crippen LogP contribution in [0.5, 0.6) is 0 Å². The molecule has 142 valence electrons. The zero-order chi connectivity index (χ0) is 19.4. The summed E-state index contributed by atoms with van der Waals surface area (Å²) < 4.78 is 5.18. The second-order valence-corrected chi connectivity index (χ2v) is 7.26. The second-order valence-electron chi connectivity index (χ2n) is 6.85. The van der Waals surface area contributed by atoms with Crippen LogP contribution in [0.25, 0.3) is 0 Å². The topological polar surface area (TPSA) is 98.5 Å². The number of nitro benzene ring substituents is 1. The van der Waals surface area contributed by atoms with E-state index in [4.69, 9.17) is 16.3 Å². The lowest BCUT2D eigenvalue weighted by atomic mass is 9.78. The quantitative estimate of drug-likeness (QED) is 0.475.